The Morgan fingerprint density at radius 1 is 1.26 bits per heavy atom. The fraction of sp³-hybridized carbons (Fsp3) is 0.500. The predicted molar refractivity (Wildman–Crippen MR) is 87.9 cm³/mol. The number of carbonyl (C=O) groups is 2. The van der Waals surface area contributed by atoms with Crippen LogP contribution in [0.1, 0.15) is 11.1 Å². The zero-order chi connectivity index (χ0) is 16.4. The summed E-state index contributed by atoms with van der Waals surface area (Å²) in [6, 6.07) is 3.50. The number of hydrogen-bond acceptors (Lipinski definition) is 5. The number of benzene rings is 1. The van der Waals surface area contributed by atoms with E-state index in [9.17, 15) is 9.59 Å². The molecule has 1 aromatic carbocycles. The summed E-state index contributed by atoms with van der Waals surface area (Å²) >= 11 is 1.50. The van der Waals surface area contributed by atoms with E-state index in [-0.39, 0.29) is 11.8 Å². The summed E-state index contributed by atoms with van der Waals surface area (Å²) in [7, 11) is 3.22. The number of thioether (sulfide) groups is 1. The molecule has 0 bridgehead atoms. The fourth-order valence-corrected chi connectivity index (χ4v) is 3.82. The second-order valence-corrected chi connectivity index (χ2v) is 6.65. The van der Waals surface area contributed by atoms with Gasteiger partial charge in [-0.15, -0.1) is 11.8 Å². The monoisotopic (exact) mass is 336 g/mol. The molecule has 1 fully saturated rings. The number of nitrogens with one attached hydrogen (secondary N) is 1. The lowest BCUT2D eigenvalue weighted by molar-refractivity contribution is -0.136. The lowest BCUT2D eigenvalue weighted by Crippen LogP contribution is -2.53. The van der Waals surface area contributed by atoms with Crippen LogP contribution >= 0.6 is 11.8 Å². The average molecular weight is 336 g/mol. The highest BCUT2D eigenvalue weighted by molar-refractivity contribution is 8.00. The molecule has 23 heavy (non-hydrogen) atoms. The van der Waals surface area contributed by atoms with Crippen LogP contribution in [-0.4, -0.2) is 55.0 Å². The Balaban J connectivity index is 1.76. The maximum atomic E-state index is 12.6. The van der Waals surface area contributed by atoms with Gasteiger partial charge in [0.2, 0.25) is 11.8 Å². The summed E-state index contributed by atoms with van der Waals surface area (Å²) in [6.07, 6.45) is 0.773. The number of carbonyl (C=O) groups excluding carboxylic acids is 2. The third-order valence-electron chi connectivity index (χ3n) is 4.18. The second kappa shape index (κ2) is 6.70. The molecule has 1 atom stereocenters. The van der Waals surface area contributed by atoms with E-state index in [2.05, 4.69) is 5.32 Å². The van der Waals surface area contributed by atoms with Gasteiger partial charge in [0.15, 0.2) is 11.5 Å². The highest BCUT2D eigenvalue weighted by atomic mass is 32.2. The maximum Gasteiger partial charge on any atom is 0.246 e. The number of ether oxygens (including phenoxy) is 2. The van der Waals surface area contributed by atoms with Crippen LogP contribution in [0.15, 0.2) is 12.1 Å². The number of fused-ring (bicyclic) bond motifs is 1. The van der Waals surface area contributed by atoms with Gasteiger partial charge in [-0.25, -0.2) is 0 Å². The highest BCUT2D eigenvalue weighted by Crippen LogP contribution is 2.33. The van der Waals surface area contributed by atoms with E-state index >= 15 is 0 Å². The predicted octanol–water partition coefficient (Wildman–Crippen LogP) is 0.820. The summed E-state index contributed by atoms with van der Waals surface area (Å²) in [5.41, 5.74) is 2.24. The molecule has 1 unspecified atom stereocenters. The third-order valence-corrected chi connectivity index (χ3v) is 5.22. The first kappa shape index (κ1) is 16.0. The SMILES string of the molecule is COc1cc2c(cc1OC)CN(C(=O)C1CSCC(=O)N1)CC2. The van der Waals surface area contributed by atoms with Crippen LogP contribution in [0, 0.1) is 0 Å². The lowest BCUT2D eigenvalue weighted by atomic mass is 9.98. The Bertz CT molecular complexity index is 635. The molecule has 2 heterocycles. The van der Waals surface area contributed by atoms with Crippen LogP contribution in [0.3, 0.4) is 0 Å². The zero-order valence-electron chi connectivity index (χ0n) is 13.3. The van der Waals surface area contributed by atoms with Crippen molar-refractivity contribution in [1.82, 2.24) is 10.2 Å². The van der Waals surface area contributed by atoms with E-state index in [0.717, 1.165) is 12.0 Å². The van der Waals surface area contributed by atoms with Crippen LogP contribution in [0.2, 0.25) is 0 Å². The topological polar surface area (TPSA) is 67.9 Å². The van der Waals surface area contributed by atoms with Crippen molar-refractivity contribution in [2.45, 2.75) is 19.0 Å². The van der Waals surface area contributed by atoms with Gasteiger partial charge in [0, 0.05) is 18.8 Å². The van der Waals surface area contributed by atoms with Crippen molar-refractivity contribution in [2.75, 3.05) is 32.3 Å². The molecule has 0 saturated carbocycles. The van der Waals surface area contributed by atoms with Crippen LogP contribution in [-0.2, 0) is 22.6 Å². The summed E-state index contributed by atoms with van der Waals surface area (Å²) in [4.78, 5) is 25.9. The first-order valence-corrected chi connectivity index (χ1v) is 8.67. The molecule has 1 saturated heterocycles. The first-order valence-electron chi connectivity index (χ1n) is 7.52. The number of amides is 2. The standard InChI is InChI=1S/C16H20N2O4S/c1-21-13-5-10-3-4-18(7-11(10)6-14(13)22-2)16(20)12-8-23-9-15(19)17-12/h5-6,12H,3-4,7-9H2,1-2H3,(H,17,19). The summed E-state index contributed by atoms with van der Waals surface area (Å²) in [5.74, 6) is 2.38. The summed E-state index contributed by atoms with van der Waals surface area (Å²) < 4.78 is 10.7. The molecule has 2 aliphatic heterocycles. The van der Waals surface area contributed by atoms with Crippen molar-refractivity contribution in [1.29, 1.82) is 0 Å². The Hall–Kier alpha value is -1.89. The third kappa shape index (κ3) is 3.24. The molecule has 1 N–H and O–H groups in total. The molecule has 0 aromatic heterocycles. The molecule has 0 aliphatic carbocycles. The van der Waals surface area contributed by atoms with Crippen molar-refractivity contribution in [3.05, 3.63) is 23.3 Å². The Morgan fingerprint density at radius 3 is 2.61 bits per heavy atom. The molecule has 3 rings (SSSR count). The van der Waals surface area contributed by atoms with Gasteiger partial charge < -0.3 is 19.7 Å². The highest BCUT2D eigenvalue weighted by Gasteiger charge is 2.31. The minimum Gasteiger partial charge on any atom is -0.493 e. The lowest BCUT2D eigenvalue weighted by Gasteiger charge is -2.33. The average Bonchev–Trinajstić information content (AvgIpc) is 2.59. The van der Waals surface area contributed by atoms with Crippen LogP contribution in [0.5, 0.6) is 11.5 Å². The van der Waals surface area contributed by atoms with Gasteiger partial charge in [0.25, 0.3) is 0 Å². The van der Waals surface area contributed by atoms with Crippen molar-refractivity contribution in [3.8, 4) is 11.5 Å². The maximum absolute atomic E-state index is 12.6. The minimum atomic E-state index is -0.414. The normalized spacial score (nSPS) is 20.5. The fourth-order valence-electron chi connectivity index (χ4n) is 2.97. The number of rotatable bonds is 3. The molecule has 1 aromatic rings. The second-order valence-electron chi connectivity index (χ2n) is 5.62. The van der Waals surface area contributed by atoms with Gasteiger partial charge in [-0.05, 0) is 29.7 Å². The molecule has 124 valence electrons. The molecule has 2 amide bonds. The molecular formula is C16H20N2O4S. The molecule has 0 spiro atoms. The van der Waals surface area contributed by atoms with Crippen molar-refractivity contribution in [2.24, 2.45) is 0 Å². The Morgan fingerprint density at radius 2 is 1.96 bits per heavy atom. The van der Waals surface area contributed by atoms with Gasteiger partial charge in [0.1, 0.15) is 6.04 Å². The van der Waals surface area contributed by atoms with Crippen molar-refractivity contribution >= 4 is 23.6 Å². The van der Waals surface area contributed by atoms with Gasteiger partial charge in [-0.2, -0.15) is 0 Å². The largest absolute Gasteiger partial charge is 0.493 e. The van der Waals surface area contributed by atoms with E-state index in [1.54, 1.807) is 14.2 Å². The molecular weight excluding hydrogens is 316 g/mol. The number of nitrogens with zero attached hydrogens (tertiary/aromatic N) is 1. The van der Waals surface area contributed by atoms with E-state index in [4.69, 9.17) is 9.47 Å². The van der Waals surface area contributed by atoms with E-state index in [0.29, 0.717) is 36.1 Å². The van der Waals surface area contributed by atoms with Crippen LogP contribution in [0.4, 0.5) is 0 Å². The Labute approximate surface area is 139 Å². The smallest absolute Gasteiger partial charge is 0.246 e. The quantitative estimate of drug-likeness (QED) is 0.885. The summed E-state index contributed by atoms with van der Waals surface area (Å²) in [5, 5.41) is 2.78. The Kier molecular flexibility index (Phi) is 4.66. The molecule has 7 heteroatoms. The molecule has 6 nitrogen and oxygen atoms in total. The van der Waals surface area contributed by atoms with Gasteiger partial charge in [0.05, 0.1) is 20.0 Å². The van der Waals surface area contributed by atoms with E-state index in [1.165, 1.54) is 17.3 Å². The van der Waals surface area contributed by atoms with Crippen molar-refractivity contribution < 1.29 is 19.1 Å². The molecule has 0 radical (unpaired) electrons. The minimum absolute atomic E-state index is 0.00835. The summed E-state index contributed by atoms with van der Waals surface area (Å²) in [6.45, 7) is 1.18. The number of methoxy groups -OCH3 is 2. The number of hydrogen-bond donors (Lipinski definition) is 1. The first-order chi connectivity index (χ1) is 11.1. The zero-order valence-corrected chi connectivity index (χ0v) is 14.1. The van der Waals surface area contributed by atoms with E-state index < -0.39 is 6.04 Å². The molecule has 2 aliphatic rings. The van der Waals surface area contributed by atoms with Gasteiger partial charge >= 0.3 is 0 Å². The van der Waals surface area contributed by atoms with Gasteiger partial charge in [-0.3, -0.25) is 9.59 Å². The van der Waals surface area contributed by atoms with Gasteiger partial charge in [-0.1, -0.05) is 0 Å². The van der Waals surface area contributed by atoms with E-state index in [1.807, 2.05) is 17.0 Å². The van der Waals surface area contributed by atoms with Crippen LogP contribution in [0.25, 0.3) is 0 Å². The van der Waals surface area contributed by atoms with Crippen molar-refractivity contribution in [3.63, 3.8) is 0 Å². The van der Waals surface area contributed by atoms with Crippen LogP contribution < -0.4 is 14.8 Å².